The topological polar surface area (TPSA) is 80.2 Å². The molecule has 0 fully saturated rings. The van der Waals surface area contributed by atoms with Gasteiger partial charge in [-0.3, -0.25) is 14.4 Å². The predicted octanol–water partition coefficient (Wildman–Crippen LogP) is 0.509. The quantitative estimate of drug-likeness (QED) is 0.802. The lowest BCUT2D eigenvalue weighted by molar-refractivity contribution is -0.138. The fourth-order valence-electron chi connectivity index (χ4n) is 1.54. The van der Waals surface area contributed by atoms with E-state index < -0.39 is 35.7 Å². The molecule has 0 aliphatic rings. The molecule has 6 nitrogen and oxygen atoms in total. The van der Waals surface area contributed by atoms with Crippen molar-refractivity contribution in [1.29, 1.82) is 0 Å². The Labute approximate surface area is 124 Å². The number of hydrogen-bond donors (Lipinski definition) is 2. The maximum atomic E-state index is 12.5. The summed E-state index contributed by atoms with van der Waals surface area (Å²) < 4.78 is 38.3. The fraction of sp³-hybridized carbons (Fsp3) is 0.462. The summed E-state index contributed by atoms with van der Waals surface area (Å²) in [5.41, 5.74) is -1.76. The van der Waals surface area contributed by atoms with Crippen molar-refractivity contribution in [3.05, 3.63) is 34.2 Å². The smallest absolute Gasteiger partial charge is 0.355 e. The predicted molar refractivity (Wildman–Crippen MR) is 72.0 cm³/mol. The van der Waals surface area contributed by atoms with Gasteiger partial charge in [-0.25, -0.2) is 0 Å². The average molecular weight is 319 g/mol. The molecular formula is C13H16F3N3O3. The summed E-state index contributed by atoms with van der Waals surface area (Å²) >= 11 is 0. The number of nitrogens with zero attached hydrogens (tertiary/aromatic N) is 1. The fourth-order valence-corrected chi connectivity index (χ4v) is 1.54. The Bertz CT molecular complexity index is 596. The van der Waals surface area contributed by atoms with Crippen molar-refractivity contribution in [1.82, 2.24) is 15.2 Å². The van der Waals surface area contributed by atoms with Crippen LogP contribution in [-0.2, 0) is 22.3 Å². The highest BCUT2D eigenvalue weighted by molar-refractivity contribution is 5.84. The lowest BCUT2D eigenvalue weighted by Crippen LogP contribution is -2.39. The van der Waals surface area contributed by atoms with E-state index in [9.17, 15) is 27.6 Å². The number of alkyl halides is 3. The third-order valence-electron chi connectivity index (χ3n) is 2.64. The molecule has 0 atom stereocenters. The highest BCUT2D eigenvalue weighted by atomic mass is 19.4. The Morgan fingerprint density at radius 1 is 1.18 bits per heavy atom. The molecule has 0 saturated heterocycles. The molecule has 1 aromatic rings. The molecule has 22 heavy (non-hydrogen) atoms. The van der Waals surface area contributed by atoms with Crippen LogP contribution in [0.1, 0.15) is 18.9 Å². The summed E-state index contributed by atoms with van der Waals surface area (Å²) in [5.74, 6) is -1.14. The van der Waals surface area contributed by atoms with Crippen LogP contribution < -0.4 is 16.2 Å². The molecule has 2 N–H and O–H groups in total. The van der Waals surface area contributed by atoms with Crippen molar-refractivity contribution < 1.29 is 22.8 Å². The van der Waals surface area contributed by atoms with Crippen LogP contribution in [0.4, 0.5) is 13.2 Å². The normalized spacial score (nSPS) is 11.1. The van der Waals surface area contributed by atoms with Gasteiger partial charge in [-0.15, -0.1) is 0 Å². The monoisotopic (exact) mass is 319 g/mol. The maximum absolute atomic E-state index is 12.5. The van der Waals surface area contributed by atoms with Gasteiger partial charge >= 0.3 is 6.18 Å². The average Bonchev–Trinajstić information content (AvgIpc) is 2.44. The molecule has 0 spiro atoms. The molecule has 0 unspecified atom stereocenters. The highest BCUT2D eigenvalue weighted by Crippen LogP contribution is 2.27. The first-order chi connectivity index (χ1) is 10.2. The first kappa shape index (κ1) is 17.7. The molecule has 1 heterocycles. The van der Waals surface area contributed by atoms with E-state index in [1.165, 1.54) is 0 Å². The second-order valence-electron chi connectivity index (χ2n) is 4.51. The van der Waals surface area contributed by atoms with E-state index in [0.717, 1.165) is 12.5 Å². The number of nitrogens with one attached hydrogen (secondary N) is 2. The van der Waals surface area contributed by atoms with Crippen molar-refractivity contribution in [3.63, 3.8) is 0 Å². The number of halogens is 3. The van der Waals surface area contributed by atoms with Crippen LogP contribution in [0.5, 0.6) is 0 Å². The Morgan fingerprint density at radius 3 is 2.45 bits per heavy atom. The number of amides is 2. The Kier molecular flexibility index (Phi) is 6.14. The minimum atomic E-state index is -4.61. The highest BCUT2D eigenvalue weighted by Gasteiger charge is 2.31. The van der Waals surface area contributed by atoms with Gasteiger partial charge in [-0.2, -0.15) is 13.2 Å². The van der Waals surface area contributed by atoms with Gasteiger partial charge in [-0.1, -0.05) is 6.92 Å². The van der Waals surface area contributed by atoms with Crippen LogP contribution in [0.3, 0.4) is 0 Å². The molecule has 1 aromatic heterocycles. The van der Waals surface area contributed by atoms with Crippen LogP contribution in [0, 0.1) is 0 Å². The zero-order valence-electron chi connectivity index (χ0n) is 11.9. The van der Waals surface area contributed by atoms with Gasteiger partial charge in [0.2, 0.25) is 11.8 Å². The largest absolute Gasteiger partial charge is 0.417 e. The zero-order valence-corrected chi connectivity index (χ0v) is 11.9. The molecule has 0 aliphatic carbocycles. The third-order valence-corrected chi connectivity index (χ3v) is 2.64. The lowest BCUT2D eigenvalue weighted by Gasteiger charge is -2.11. The Balaban J connectivity index is 2.65. The molecular weight excluding hydrogens is 303 g/mol. The van der Waals surface area contributed by atoms with Gasteiger partial charge < -0.3 is 15.2 Å². The molecule has 0 aromatic carbocycles. The van der Waals surface area contributed by atoms with Crippen LogP contribution in [0.25, 0.3) is 0 Å². The lowest BCUT2D eigenvalue weighted by atomic mass is 10.3. The summed E-state index contributed by atoms with van der Waals surface area (Å²) in [6, 6.07) is 1.39. The zero-order chi connectivity index (χ0) is 16.8. The van der Waals surface area contributed by atoms with Crippen molar-refractivity contribution in [2.24, 2.45) is 0 Å². The van der Waals surface area contributed by atoms with Crippen molar-refractivity contribution in [2.45, 2.75) is 26.1 Å². The number of rotatable bonds is 6. The van der Waals surface area contributed by atoms with Crippen molar-refractivity contribution in [3.8, 4) is 0 Å². The molecule has 0 radical (unpaired) electrons. The van der Waals surface area contributed by atoms with E-state index in [1.54, 1.807) is 0 Å². The first-order valence-corrected chi connectivity index (χ1v) is 6.55. The molecule has 9 heteroatoms. The van der Waals surface area contributed by atoms with E-state index in [4.69, 9.17) is 0 Å². The SMILES string of the molecule is CCCNC(=O)CNC(=O)Cn1cc(C(F)(F)F)ccc1=O. The van der Waals surface area contributed by atoms with E-state index in [2.05, 4.69) is 10.6 Å². The summed E-state index contributed by atoms with van der Waals surface area (Å²) in [7, 11) is 0. The van der Waals surface area contributed by atoms with Gasteiger partial charge in [0.1, 0.15) is 6.54 Å². The van der Waals surface area contributed by atoms with E-state index in [0.29, 0.717) is 23.4 Å². The maximum Gasteiger partial charge on any atom is 0.417 e. The second-order valence-corrected chi connectivity index (χ2v) is 4.51. The van der Waals surface area contributed by atoms with Crippen molar-refractivity contribution >= 4 is 11.8 Å². The minimum Gasteiger partial charge on any atom is -0.355 e. The van der Waals surface area contributed by atoms with Crippen LogP contribution in [0.15, 0.2) is 23.1 Å². The third kappa shape index (κ3) is 5.58. The Hall–Kier alpha value is -2.32. The van der Waals surface area contributed by atoms with Crippen molar-refractivity contribution in [2.75, 3.05) is 13.1 Å². The molecule has 122 valence electrons. The number of carbonyl (C=O) groups excluding carboxylic acids is 2. The summed E-state index contributed by atoms with van der Waals surface area (Å²) in [4.78, 5) is 34.3. The van der Waals surface area contributed by atoms with Gasteiger partial charge in [0, 0.05) is 18.8 Å². The molecule has 0 bridgehead atoms. The van der Waals surface area contributed by atoms with E-state index in [1.807, 2.05) is 6.92 Å². The summed E-state index contributed by atoms with van der Waals surface area (Å²) in [6.45, 7) is 1.43. The standard InChI is InChI=1S/C13H16F3N3O3/c1-2-5-17-10(20)6-18-11(21)8-19-7-9(13(14,15)16)3-4-12(19)22/h3-4,7H,2,5-6,8H2,1H3,(H,17,20)(H,18,21). The van der Waals surface area contributed by atoms with Crippen LogP contribution >= 0.6 is 0 Å². The van der Waals surface area contributed by atoms with Gasteiger partial charge in [0.25, 0.3) is 5.56 Å². The molecule has 1 rings (SSSR count). The first-order valence-electron chi connectivity index (χ1n) is 6.55. The molecule has 0 saturated carbocycles. The van der Waals surface area contributed by atoms with Crippen LogP contribution in [-0.4, -0.2) is 29.5 Å². The summed E-state index contributed by atoms with van der Waals surface area (Å²) in [6.07, 6.45) is -3.30. The molecule has 0 aliphatic heterocycles. The summed E-state index contributed by atoms with van der Waals surface area (Å²) in [5, 5.41) is 4.75. The van der Waals surface area contributed by atoms with E-state index in [-0.39, 0.29) is 6.54 Å². The second kappa shape index (κ2) is 7.62. The van der Waals surface area contributed by atoms with Gasteiger partial charge in [0.05, 0.1) is 12.1 Å². The van der Waals surface area contributed by atoms with Gasteiger partial charge in [-0.05, 0) is 12.5 Å². The minimum absolute atomic E-state index is 0.299. The number of pyridine rings is 1. The Morgan fingerprint density at radius 2 is 1.86 bits per heavy atom. The molecule has 2 amide bonds. The van der Waals surface area contributed by atoms with Gasteiger partial charge in [0.15, 0.2) is 0 Å². The van der Waals surface area contributed by atoms with E-state index >= 15 is 0 Å². The van der Waals surface area contributed by atoms with Crippen LogP contribution in [0.2, 0.25) is 0 Å². The number of carbonyl (C=O) groups is 2. The number of hydrogen-bond acceptors (Lipinski definition) is 3. The number of aromatic nitrogens is 1.